The molecule has 0 spiro atoms. The van der Waals surface area contributed by atoms with Gasteiger partial charge in [0.2, 0.25) is 5.91 Å². The van der Waals surface area contributed by atoms with Gasteiger partial charge in [0.1, 0.15) is 6.10 Å². The van der Waals surface area contributed by atoms with Crippen molar-refractivity contribution in [3.63, 3.8) is 0 Å². The summed E-state index contributed by atoms with van der Waals surface area (Å²) in [5.74, 6) is 0.391. The van der Waals surface area contributed by atoms with E-state index < -0.39 is 6.10 Å². The third-order valence-corrected chi connectivity index (χ3v) is 2.67. The Bertz CT molecular complexity index is 162. The van der Waals surface area contributed by atoms with Crippen molar-refractivity contribution < 1.29 is 9.90 Å². The average molecular weight is 185 g/mol. The third-order valence-electron chi connectivity index (χ3n) is 2.67. The first-order valence-electron chi connectivity index (χ1n) is 5.16. The van der Waals surface area contributed by atoms with E-state index in [1.165, 1.54) is 39.0 Å². The van der Waals surface area contributed by atoms with Crippen LogP contribution in [0.4, 0.5) is 0 Å². The van der Waals surface area contributed by atoms with Crippen LogP contribution in [0.5, 0.6) is 0 Å². The number of rotatable bonds is 3. The fourth-order valence-electron chi connectivity index (χ4n) is 1.78. The van der Waals surface area contributed by atoms with Gasteiger partial charge in [-0.05, 0) is 25.7 Å². The van der Waals surface area contributed by atoms with Crippen molar-refractivity contribution in [2.75, 3.05) is 6.54 Å². The number of carbonyl (C=O) groups excluding carboxylic acids is 1. The molecular weight excluding hydrogens is 166 g/mol. The molecule has 1 aliphatic rings. The van der Waals surface area contributed by atoms with E-state index in [2.05, 4.69) is 5.32 Å². The molecule has 0 bridgehead atoms. The molecule has 3 nitrogen and oxygen atoms in total. The molecule has 13 heavy (non-hydrogen) atoms. The van der Waals surface area contributed by atoms with Gasteiger partial charge in [0.15, 0.2) is 0 Å². The zero-order valence-electron chi connectivity index (χ0n) is 8.25. The molecule has 1 amide bonds. The summed E-state index contributed by atoms with van der Waals surface area (Å²) in [7, 11) is 0. The van der Waals surface area contributed by atoms with Gasteiger partial charge in [-0.2, -0.15) is 0 Å². The molecule has 76 valence electrons. The second-order valence-electron chi connectivity index (χ2n) is 3.93. The minimum Gasteiger partial charge on any atom is -0.384 e. The van der Waals surface area contributed by atoms with Crippen LogP contribution in [0.2, 0.25) is 0 Å². The van der Waals surface area contributed by atoms with Crippen LogP contribution in [0, 0.1) is 5.92 Å². The molecule has 2 N–H and O–H groups in total. The molecule has 1 fully saturated rings. The third kappa shape index (κ3) is 3.77. The van der Waals surface area contributed by atoms with Gasteiger partial charge in [-0.15, -0.1) is 0 Å². The van der Waals surface area contributed by atoms with Crippen molar-refractivity contribution in [2.24, 2.45) is 5.92 Å². The van der Waals surface area contributed by atoms with Crippen LogP contribution in [0.15, 0.2) is 0 Å². The van der Waals surface area contributed by atoms with E-state index in [4.69, 9.17) is 5.11 Å². The second-order valence-corrected chi connectivity index (χ2v) is 3.93. The number of carbonyl (C=O) groups is 1. The Labute approximate surface area is 79.5 Å². The lowest BCUT2D eigenvalue weighted by atomic mass is 9.89. The maximum atomic E-state index is 11.0. The molecule has 1 atom stereocenters. The number of aliphatic hydroxyl groups excluding tert-OH is 1. The first kappa shape index (κ1) is 10.5. The van der Waals surface area contributed by atoms with Gasteiger partial charge in [-0.25, -0.2) is 0 Å². The van der Waals surface area contributed by atoms with Crippen LogP contribution >= 0.6 is 0 Å². The molecule has 0 radical (unpaired) electrons. The second kappa shape index (κ2) is 5.22. The fourth-order valence-corrected chi connectivity index (χ4v) is 1.78. The van der Waals surface area contributed by atoms with Crippen LogP contribution < -0.4 is 5.32 Å². The highest BCUT2D eigenvalue weighted by atomic mass is 16.3. The van der Waals surface area contributed by atoms with Gasteiger partial charge in [0, 0.05) is 6.54 Å². The molecule has 0 aromatic heterocycles. The van der Waals surface area contributed by atoms with Crippen molar-refractivity contribution in [1.82, 2.24) is 5.32 Å². The van der Waals surface area contributed by atoms with Crippen molar-refractivity contribution in [3.05, 3.63) is 0 Å². The Morgan fingerprint density at radius 3 is 2.62 bits per heavy atom. The topological polar surface area (TPSA) is 49.3 Å². The highest BCUT2D eigenvalue weighted by Gasteiger charge is 2.15. The normalized spacial score (nSPS) is 21.1. The van der Waals surface area contributed by atoms with E-state index in [1.807, 2.05) is 0 Å². The first-order chi connectivity index (χ1) is 6.20. The molecule has 1 rings (SSSR count). The Morgan fingerprint density at radius 1 is 1.46 bits per heavy atom. The molecule has 0 heterocycles. The van der Waals surface area contributed by atoms with Crippen LogP contribution in [0.1, 0.15) is 39.0 Å². The summed E-state index contributed by atoms with van der Waals surface area (Å²) < 4.78 is 0. The van der Waals surface area contributed by atoms with Gasteiger partial charge in [-0.3, -0.25) is 4.79 Å². The predicted molar refractivity (Wildman–Crippen MR) is 51.3 cm³/mol. The van der Waals surface area contributed by atoms with Crippen LogP contribution in [-0.2, 0) is 4.79 Å². The molecular formula is C10H19NO2. The zero-order valence-corrected chi connectivity index (χ0v) is 8.25. The largest absolute Gasteiger partial charge is 0.384 e. The lowest BCUT2D eigenvalue weighted by Crippen LogP contribution is -2.36. The standard InChI is InChI=1S/C10H19NO2/c1-8(12)10(13)11-7-9-5-3-2-4-6-9/h8-9,12H,2-7H2,1H3,(H,11,13). The van der Waals surface area contributed by atoms with Crippen molar-refractivity contribution in [1.29, 1.82) is 0 Å². The van der Waals surface area contributed by atoms with E-state index in [0.29, 0.717) is 5.92 Å². The Hall–Kier alpha value is -0.570. The van der Waals surface area contributed by atoms with E-state index in [-0.39, 0.29) is 5.91 Å². The highest BCUT2D eigenvalue weighted by Crippen LogP contribution is 2.22. The van der Waals surface area contributed by atoms with E-state index in [9.17, 15) is 4.79 Å². The van der Waals surface area contributed by atoms with Crippen LogP contribution in [-0.4, -0.2) is 23.7 Å². The Balaban J connectivity index is 2.13. The lowest BCUT2D eigenvalue weighted by molar-refractivity contribution is -0.128. The maximum Gasteiger partial charge on any atom is 0.248 e. The Kier molecular flexibility index (Phi) is 4.22. The molecule has 1 aliphatic carbocycles. The van der Waals surface area contributed by atoms with Crippen molar-refractivity contribution >= 4 is 5.91 Å². The summed E-state index contributed by atoms with van der Waals surface area (Å²) in [4.78, 5) is 11.0. The van der Waals surface area contributed by atoms with Gasteiger partial charge >= 0.3 is 0 Å². The fraction of sp³-hybridized carbons (Fsp3) is 0.900. The average Bonchev–Trinajstić information content (AvgIpc) is 2.15. The predicted octanol–water partition coefficient (Wildman–Crippen LogP) is 1.06. The summed E-state index contributed by atoms with van der Waals surface area (Å²) in [5.41, 5.74) is 0. The molecule has 0 aromatic rings. The Morgan fingerprint density at radius 2 is 2.08 bits per heavy atom. The van der Waals surface area contributed by atoms with Crippen molar-refractivity contribution in [3.8, 4) is 0 Å². The number of hydrogen-bond donors (Lipinski definition) is 2. The van der Waals surface area contributed by atoms with Gasteiger partial charge in [-0.1, -0.05) is 19.3 Å². The molecule has 1 unspecified atom stereocenters. The lowest BCUT2D eigenvalue weighted by Gasteiger charge is -2.21. The highest BCUT2D eigenvalue weighted by molar-refractivity contribution is 5.79. The summed E-state index contributed by atoms with van der Waals surface area (Å²) in [5, 5.41) is 11.7. The summed E-state index contributed by atoms with van der Waals surface area (Å²) >= 11 is 0. The minimum absolute atomic E-state index is 0.245. The van der Waals surface area contributed by atoms with Gasteiger partial charge in [0.25, 0.3) is 0 Å². The smallest absolute Gasteiger partial charge is 0.248 e. The quantitative estimate of drug-likeness (QED) is 0.691. The van der Waals surface area contributed by atoms with Crippen molar-refractivity contribution in [2.45, 2.75) is 45.1 Å². The van der Waals surface area contributed by atoms with E-state index in [0.717, 1.165) is 6.54 Å². The van der Waals surface area contributed by atoms with E-state index >= 15 is 0 Å². The van der Waals surface area contributed by atoms with Gasteiger partial charge < -0.3 is 10.4 Å². The number of nitrogens with one attached hydrogen (secondary N) is 1. The molecule has 0 aliphatic heterocycles. The number of hydrogen-bond acceptors (Lipinski definition) is 2. The molecule has 0 saturated heterocycles. The maximum absolute atomic E-state index is 11.0. The van der Waals surface area contributed by atoms with Crippen LogP contribution in [0.25, 0.3) is 0 Å². The molecule has 1 saturated carbocycles. The summed E-state index contributed by atoms with van der Waals surface area (Å²) in [6, 6.07) is 0. The number of aliphatic hydroxyl groups is 1. The summed E-state index contributed by atoms with van der Waals surface area (Å²) in [6.07, 6.45) is 5.48. The van der Waals surface area contributed by atoms with E-state index in [1.54, 1.807) is 0 Å². The zero-order chi connectivity index (χ0) is 9.68. The molecule has 0 aromatic carbocycles. The minimum atomic E-state index is -0.872. The first-order valence-corrected chi connectivity index (χ1v) is 5.16. The van der Waals surface area contributed by atoms with Gasteiger partial charge in [0.05, 0.1) is 0 Å². The monoisotopic (exact) mass is 185 g/mol. The number of amides is 1. The molecule has 3 heteroatoms. The summed E-state index contributed by atoms with van der Waals surface area (Å²) in [6.45, 7) is 2.24. The van der Waals surface area contributed by atoms with Crippen LogP contribution in [0.3, 0.4) is 0 Å². The SMILES string of the molecule is CC(O)C(=O)NCC1CCCCC1.